The van der Waals surface area contributed by atoms with Crippen molar-refractivity contribution in [2.75, 3.05) is 46.3 Å². The topological polar surface area (TPSA) is 18.5 Å². The van der Waals surface area contributed by atoms with Gasteiger partial charge in [0.1, 0.15) is 0 Å². The Hall–Kier alpha value is -0.120. The summed E-state index contributed by atoms with van der Waals surface area (Å²) < 4.78 is 0. The van der Waals surface area contributed by atoms with Crippen LogP contribution >= 0.6 is 0 Å². The molecular formula is C15H31N3. The molecule has 2 aliphatic rings. The van der Waals surface area contributed by atoms with Crippen molar-refractivity contribution in [3.05, 3.63) is 0 Å². The van der Waals surface area contributed by atoms with E-state index in [1.54, 1.807) is 0 Å². The maximum absolute atomic E-state index is 3.84. The van der Waals surface area contributed by atoms with Gasteiger partial charge < -0.3 is 15.1 Å². The summed E-state index contributed by atoms with van der Waals surface area (Å²) in [7, 11) is 2.23. The number of piperazine rings is 1. The second-order valence-electron chi connectivity index (χ2n) is 6.59. The zero-order valence-corrected chi connectivity index (χ0v) is 12.5. The average Bonchev–Trinajstić information content (AvgIpc) is 2.39. The van der Waals surface area contributed by atoms with Crippen LogP contribution in [0.1, 0.15) is 39.5 Å². The van der Waals surface area contributed by atoms with E-state index in [0.29, 0.717) is 5.54 Å². The highest BCUT2D eigenvalue weighted by molar-refractivity contribution is 4.94. The van der Waals surface area contributed by atoms with Gasteiger partial charge in [-0.25, -0.2) is 0 Å². The zero-order chi connectivity index (χ0) is 13.0. The quantitative estimate of drug-likeness (QED) is 0.824. The normalized spacial score (nSPS) is 32.0. The lowest BCUT2D eigenvalue weighted by atomic mass is 9.77. The van der Waals surface area contributed by atoms with Crippen LogP contribution in [-0.2, 0) is 0 Å². The fourth-order valence-electron chi connectivity index (χ4n) is 3.42. The Balaban J connectivity index is 1.82. The van der Waals surface area contributed by atoms with E-state index in [-0.39, 0.29) is 0 Å². The average molecular weight is 253 g/mol. The molecule has 2 rings (SSSR count). The Morgan fingerprint density at radius 2 is 1.83 bits per heavy atom. The fraction of sp³-hybridized carbons (Fsp3) is 1.00. The van der Waals surface area contributed by atoms with E-state index in [2.05, 4.69) is 36.0 Å². The third-order valence-electron chi connectivity index (χ3n) is 5.10. The van der Waals surface area contributed by atoms with Crippen LogP contribution in [0.4, 0.5) is 0 Å². The van der Waals surface area contributed by atoms with Crippen molar-refractivity contribution < 1.29 is 0 Å². The van der Waals surface area contributed by atoms with E-state index < -0.39 is 0 Å². The molecule has 1 N–H and O–H groups in total. The van der Waals surface area contributed by atoms with E-state index in [4.69, 9.17) is 0 Å². The van der Waals surface area contributed by atoms with E-state index in [1.165, 1.54) is 65.0 Å². The minimum atomic E-state index is 0.418. The van der Waals surface area contributed by atoms with Gasteiger partial charge >= 0.3 is 0 Å². The van der Waals surface area contributed by atoms with Crippen LogP contribution in [0.25, 0.3) is 0 Å². The van der Waals surface area contributed by atoms with Gasteiger partial charge in [-0.3, -0.25) is 0 Å². The van der Waals surface area contributed by atoms with Crippen LogP contribution in [0.3, 0.4) is 0 Å². The highest BCUT2D eigenvalue weighted by atomic mass is 15.2. The first-order valence-electron chi connectivity index (χ1n) is 7.78. The first-order valence-corrected chi connectivity index (χ1v) is 7.78. The SMILES string of the molecule is CC(C)C1(CCN2CCN(C)CC2)CCCCN1. The number of rotatable bonds is 4. The molecule has 106 valence electrons. The van der Waals surface area contributed by atoms with Gasteiger partial charge in [0.25, 0.3) is 0 Å². The summed E-state index contributed by atoms with van der Waals surface area (Å²) >= 11 is 0. The van der Waals surface area contributed by atoms with Crippen molar-refractivity contribution in [2.45, 2.75) is 45.1 Å². The Morgan fingerprint density at radius 3 is 2.39 bits per heavy atom. The molecule has 18 heavy (non-hydrogen) atoms. The van der Waals surface area contributed by atoms with E-state index in [1.807, 2.05) is 0 Å². The van der Waals surface area contributed by atoms with Crippen LogP contribution < -0.4 is 5.32 Å². The number of nitrogens with one attached hydrogen (secondary N) is 1. The highest BCUT2D eigenvalue weighted by Crippen LogP contribution is 2.30. The molecule has 0 radical (unpaired) electrons. The van der Waals surface area contributed by atoms with E-state index >= 15 is 0 Å². The number of likely N-dealkylation sites (N-methyl/N-ethyl adjacent to an activating group) is 1. The molecule has 0 spiro atoms. The van der Waals surface area contributed by atoms with E-state index in [0.717, 1.165) is 5.92 Å². The number of nitrogens with zero attached hydrogens (tertiary/aromatic N) is 2. The predicted octanol–water partition coefficient (Wildman–Crippen LogP) is 1.79. The summed E-state index contributed by atoms with van der Waals surface area (Å²) in [4.78, 5) is 5.09. The van der Waals surface area contributed by atoms with Crippen LogP contribution in [-0.4, -0.2) is 61.7 Å². The molecule has 0 bridgehead atoms. The van der Waals surface area contributed by atoms with Crippen molar-refractivity contribution in [1.29, 1.82) is 0 Å². The van der Waals surface area contributed by atoms with Crippen molar-refractivity contribution >= 4 is 0 Å². The molecule has 1 atom stereocenters. The summed E-state index contributed by atoms with van der Waals surface area (Å²) in [6.07, 6.45) is 5.48. The van der Waals surface area contributed by atoms with Crippen molar-refractivity contribution in [1.82, 2.24) is 15.1 Å². The molecule has 0 saturated carbocycles. The smallest absolute Gasteiger partial charge is 0.0216 e. The Bertz CT molecular complexity index is 238. The molecule has 0 aromatic carbocycles. The van der Waals surface area contributed by atoms with Gasteiger partial charge in [0.2, 0.25) is 0 Å². The van der Waals surface area contributed by atoms with Crippen LogP contribution in [0.5, 0.6) is 0 Å². The van der Waals surface area contributed by atoms with Crippen molar-refractivity contribution in [2.24, 2.45) is 5.92 Å². The molecule has 0 aromatic rings. The van der Waals surface area contributed by atoms with Crippen molar-refractivity contribution in [3.63, 3.8) is 0 Å². The van der Waals surface area contributed by atoms with E-state index in [9.17, 15) is 0 Å². The Kier molecular flexibility index (Phi) is 5.05. The number of piperidine rings is 1. The summed E-state index contributed by atoms with van der Waals surface area (Å²) in [5, 5.41) is 3.84. The minimum absolute atomic E-state index is 0.418. The molecule has 1 unspecified atom stereocenters. The molecule has 2 heterocycles. The number of hydrogen-bond acceptors (Lipinski definition) is 3. The maximum atomic E-state index is 3.84. The maximum Gasteiger partial charge on any atom is 0.0216 e. The first kappa shape index (κ1) is 14.3. The molecule has 2 saturated heterocycles. The molecule has 2 aliphatic heterocycles. The van der Waals surface area contributed by atoms with Crippen molar-refractivity contribution in [3.8, 4) is 0 Å². The third kappa shape index (κ3) is 3.46. The molecule has 3 heteroatoms. The van der Waals surface area contributed by atoms with Gasteiger partial charge in [0.05, 0.1) is 0 Å². The van der Waals surface area contributed by atoms with Gasteiger partial charge in [-0.2, -0.15) is 0 Å². The van der Waals surface area contributed by atoms with Crippen LogP contribution in [0.15, 0.2) is 0 Å². The zero-order valence-electron chi connectivity index (χ0n) is 12.5. The lowest BCUT2D eigenvalue weighted by Gasteiger charge is -2.44. The highest BCUT2D eigenvalue weighted by Gasteiger charge is 2.34. The summed E-state index contributed by atoms with van der Waals surface area (Å²) in [5.74, 6) is 0.755. The van der Waals surface area contributed by atoms with Crippen LogP contribution in [0, 0.1) is 5.92 Å². The monoisotopic (exact) mass is 253 g/mol. The first-order chi connectivity index (χ1) is 8.62. The largest absolute Gasteiger partial charge is 0.311 e. The molecule has 2 fully saturated rings. The number of hydrogen-bond donors (Lipinski definition) is 1. The molecular weight excluding hydrogens is 222 g/mol. The Labute approximate surface area is 113 Å². The fourth-order valence-corrected chi connectivity index (χ4v) is 3.42. The molecule has 3 nitrogen and oxygen atoms in total. The van der Waals surface area contributed by atoms with Gasteiger partial charge in [0.15, 0.2) is 0 Å². The van der Waals surface area contributed by atoms with Gasteiger partial charge in [0, 0.05) is 38.3 Å². The second-order valence-corrected chi connectivity index (χ2v) is 6.59. The minimum Gasteiger partial charge on any atom is -0.311 e. The lowest BCUT2D eigenvalue weighted by molar-refractivity contribution is 0.111. The molecule has 0 amide bonds. The predicted molar refractivity (Wildman–Crippen MR) is 78.0 cm³/mol. The lowest BCUT2D eigenvalue weighted by Crippen LogP contribution is -2.55. The molecule has 0 aliphatic carbocycles. The van der Waals surface area contributed by atoms with Gasteiger partial charge in [-0.1, -0.05) is 20.3 Å². The molecule has 0 aromatic heterocycles. The van der Waals surface area contributed by atoms with Gasteiger partial charge in [-0.15, -0.1) is 0 Å². The third-order valence-corrected chi connectivity index (χ3v) is 5.10. The van der Waals surface area contributed by atoms with Gasteiger partial charge in [-0.05, 0) is 38.8 Å². The Morgan fingerprint density at radius 1 is 1.11 bits per heavy atom. The summed E-state index contributed by atoms with van der Waals surface area (Å²) in [6.45, 7) is 12.3. The summed E-state index contributed by atoms with van der Waals surface area (Å²) in [5.41, 5.74) is 0.418. The standard InChI is InChI=1S/C15H31N3/c1-14(2)15(6-4-5-8-16-15)7-9-18-12-10-17(3)11-13-18/h14,16H,4-13H2,1-3H3. The summed E-state index contributed by atoms with van der Waals surface area (Å²) in [6, 6.07) is 0. The van der Waals surface area contributed by atoms with Crippen LogP contribution in [0.2, 0.25) is 0 Å². The second kappa shape index (κ2) is 6.36.